The molecule has 0 aliphatic rings. The molecule has 0 spiro atoms. The number of hydrogen-bond acceptors (Lipinski definition) is 8. The smallest absolute Gasteiger partial charge is 0.325 e. The molecule has 0 aliphatic carbocycles. The van der Waals surface area contributed by atoms with Crippen molar-refractivity contribution in [2.75, 3.05) is 45.9 Å². The lowest BCUT2D eigenvalue weighted by Gasteiger charge is -2.11. The molecule has 9 heteroatoms. The minimum atomic E-state index is -0.407. The van der Waals surface area contributed by atoms with Crippen molar-refractivity contribution < 1.29 is 23.8 Å². The summed E-state index contributed by atoms with van der Waals surface area (Å²) in [5, 5.41) is 6.41. The van der Waals surface area contributed by atoms with Crippen LogP contribution in [0.1, 0.15) is 5.82 Å². The lowest BCUT2D eigenvalue weighted by atomic mass is 10.2. The molecule has 140 valence electrons. The molecular weight excluding hydrogens is 340 g/mol. The summed E-state index contributed by atoms with van der Waals surface area (Å²) in [7, 11) is 2.88. The van der Waals surface area contributed by atoms with Crippen molar-refractivity contribution in [3.05, 3.63) is 30.1 Å². The molecule has 0 fully saturated rings. The molecule has 1 aromatic carbocycles. The molecule has 2 aromatic rings. The van der Waals surface area contributed by atoms with E-state index in [2.05, 4.69) is 25.3 Å². The molecule has 1 amide bonds. The summed E-state index contributed by atoms with van der Waals surface area (Å²) in [4.78, 5) is 31.9. The number of rotatable bonds is 10. The van der Waals surface area contributed by atoms with E-state index in [-0.39, 0.29) is 25.6 Å². The van der Waals surface area contributed by atoms with E-state index in [9.17, 15) is 9.59 Å². The zero-order valence-electron chi connectivity index (χ0n) is 14.8. The quantitative estimate of drug-likeness (QED) is 0.464. The number of methoxy groups -OCH3 is 2. The van der Waals surface area contributed by atoms with Gasteiger partial charge in [0.05, 0.1) is 32.4 Å². The summed E-state index contributed by atoms with van der Waals surface area (Å²) in [6.07, 6.45) is 0. The van der Waals surface area contributed by atoms with Gasteiger partial charge >= 0.3 is 5.97 Å². The lowest BCUT2D eigenvalue weighted by molar-refractivity contribution is -0.138. The van der Waals surface area contributed by atoms with Crippen molar-refractivity contribution in [1.82, 2.24) is 15.3 Å². The number of fused-ring (bicyclic) bond motifs is 1. The van der Waals surface area contributed by atoms with Gasteiger partial charge in [0.2, 0.25) is 5.91 Å². The van der Waals surface area contributed by atoms with Gasteiger partial charge in [0.15, 0.2) is 5.82 Å². The first-order valence-corrected chi connectivity index (χ1v) is 8.03. The van der Waals surface area contributed by atoms with Crippen LogP contribution in [0.2, 0.25) is 0 Å². The first kappa shape index (κ1) is 19.5. The maximum Gasteiger partial charge on any atom is 0.325 e. The van der Waals surface area contributed by atoms with Gasteiger partial charge in [-0.25, -0.2) is 9.97 Å². The van der Waals surface area contributed by atoms with Crippen LogP contribution in [0.15, 0.2) is 24.3 Å². The van der Waals surface area contributed by atoms with Crippen LogP contribution in [0.25, 0.3) is 10.9 Å². The fourth-order valence-electron chi connectivity index (χ4n) is 2.10. The third-order valence-corrected chi connectivity index (χ3v) is 3.39. The topological polar surface area (TPSA) is 112 Å². The highest BCUT2D eigenvalue weighted by Gasteiger charge is 2.10. The van der Waals surface area contributed by atoms with Crippen molar-refractivity contribution in [2.45, 2.75) is 6.54 Å². The van der Waals surface area contributed by atoms with Crippen LogP contribution < -0.4 is 10.6 Å². The summed E-state index contributed by atoms with van der Waals surface area (Å²) in [6, 6.07) is 7.39. The molecule has 0 atom stereocenters. The number of nitrogens with one attached hydrogen (secondary N) is 2. The van der Waals surface area contributed by atoms with Gasteiger partial charge in [0.25, 0.3) is 0 Å². The van der Waals surface area contributed by atoms with Crippen molar-refractivity contribution >= 4 is 28.6 Å². The van der Waals surface area contributed by atoms with E-state index in [1.807, 2.05) is 24.3 Å². The minimum Gasteiger partial charge on any atom is -0.468 e. The highest BCUT2D eigenvalue weighted by molar-refractivity contribution is 5.90. The zero-order valence-corrected chi connectivity index (χ0v) is 14.8. The zero-order chi connectivity index (χ0) is 18.8. The number of amides is 1. The second-order valence-electron chi connectivity index (χ2n) is 5.26. The van der Waals surface area contributed by atoms with Gasteiger partial charge in [-0.2, -0.15) is 0 Å². The van der Waals surface area contributed by atoms with E-state index in [1.165, 1.54) is 7.11 Å². The van der Waals surface area contributed by atoms with Gasteiger partial charge in [-0.1, -0.05) is 12.1 Å². The number of nitrogens with zero attached hydrogens (tertiary/aromatic N) is 2. The standard InChI is InChI=1S/C17H22N4O5/c1-24-7-8-26-11-15(22)18-9-14-20-13-6-4-3-5-12(13)17(21-14)19-10-16(23)25-2/h3-6H,7-11H2,1-2H3,(H,18,22)(H,19,20,21). The molecular formula is C17H22N4O5. The second kappa shape index (κ2) is 10.3. The highest BCUT2D eigenvalue weighted by Crippen LogP contribution is 2.19. The molecule has 0 aliphatic heterocycles. The molecule has 1 heterocycles. The Labute approximate surface area is 151 Å². The Morgan fingerprint density at radius 1 is 1.12 bits per heavy atom. The number of esters is 1. The van der Waals surface area contributed by atoms with E-state index in [0.29, 0.717) is 30.4 Å². The van der Waals surface area contributed by atoms with Gasteiger partial charge in [-0.3, -0.25) is 9.59 Å². The third kappa shape index (κ3) is 5.94. The molecule has 0 saturated carbocycles. The summed E-state index contributed by atoms with van der Waals surface area (Å²) >= 11 is 0. The van der Waals surface area contributed by atoms with Gasteiger partial charge in [-0.15, -0.1) is 0 Å². The Morgan fingerprint density at radius 3 is 2.69 bits per heavy atom. The van der Waals surface area contributed by atoms with Gasteiger partial charge in [-0.05, 0) is 12.1 Å². The number of aromatic nitrogens is 2. The van der Waals surface area contributed by atoms with Crippen molar-refractivity contribution in [2.24, 2.45) is 0 Å². The van der Waals surface area contributed by atoms with E-state index in [1.54, 1.807) is 7.11 Å². The first-order valence-electron chi connectivity index (χ1n) is 8.03. The maximum absolute atomic E-state index is 11.8. The average molecular weight is 362 g/mol. The number of ether oxygens (including phenoxy) is 3. The summed E-state index contributed by atoms with van der Waals surface area (Å²) in [6.45, 7) is 0.833. The SMILES string of the molecule is COCCOCC(=O)NCc1nc(NCC(=O)OC)c2ccccc2n1. The number of benzene rings is 1. The van der Waals surface area contributed by atoms with E-state index >= 15 is 0 Å². The normalized spacial score (nSPS) is 10.5. The first-order chi connectivity index (χ1) is 12.6. The Hall–Kier alpha value is -2.78. The third-order valence-electron chi connectivity index (χ3n) is 3.39. The number of carbonyl (C=O) groups is 2. The molecule has 2 rings (SSSR count). The second-order valence-corrected chi connectivity index (χ2v) is 5.26. The Morgan fingerprint density at radius 2 is 1.92 bits per heavy atom. The maximum atomic E-state index is 11.8. The average Bonchev–Trinajstić information content (AvgIpc) is 2.67. The highest BCUT2D eigenvalue weighted by atomic mass is 16.5. The van der Waals surface area contributed by atoms with Crippen LogP contribution in [0.4, 0.5) is 5.82 Å². The molecule has 0 bridgehead atoms. The predicted molar refractivity (Wildman–Crippen MR) is 94.6 cm³/mol. The number of carbonyl (C=O) groups excluding carboxylic acids is 2. The number of anilines is 1. The van der Waals surface area contributed by atoms with Gasteiger partial charge < -0.3 is 24.8 Å². The van der Waals surface area contributed by atoms with Crippen molar-refractivity contribution in [3.8, 4) is 0 Å². The monoisotopic (exact) mass is 362 g/mol. The van der Waals surface area contributed by atoms with Crippen molar-refractivity contribution in [3.63, 3.8) is 0 Å². The molecule has 0 saturated heterocycles. The molecule has 1 aromatic heterocycles. The molecule has 9 nitrogen and oxygen atoms in total. The van der Waals surface area contributed by atoms with E-state index in [0.717, 1.165) is 5.39 Å². The molecule has 26 heavy (non-hydrogen) atoms. The van der Waals surface area contributed by atoms with Crippen molar-refractivity contribution in [1.29, 1.82) is 0 Å². The predicted octanol–water partition coefficient (Wildman–Crippen LogP) is 0.494. The molecule has 2 N–H and O–H groups in total. The Balaban J connectivity index is 2.03. The van der Waals surface area contributed by atoms with Crippen LogP contribution in [0.3, 0.4) is 0 Å². The molecule has 0 unspecified atom stereocenters. The largest absolute Gasteiger partial charge is 0.468 e. The Bertz CT molecular complexity index is 753. The number of para-hydroxylation sites is 1. The van der Waals surface area contributed by atoms with Gasteiger partial charge in [0, 0.05) is 12.5 Å². The molecule has 0 radical (unpaired) electrons. The van der Waals surface area contributed by atoms with Crippen LogP contribution in [-0.4, -0.2) is 62.4 Å². The van der Waals surface area contributed by atoms with Crippen LogP contribution >= 0.6 is 0 Å². The lowest BCUT2D eigenvalue weighted by Crippen LogP contribution is -2.28. The van der Waals surface area contributed by atoms with Crippen LogP contribution in [-0.2, 0) is 30.3 Å². The fraction of sp³-hybridized carbons (Fsp3) is 0.412. The summed E-state index contributed by atoms with van der Waals surface area (Å²) < 4.78 is 14.6. The summed E-state index contributed by atoms with van der Waals surface area (Å²) in [5.74, 6) is 0.237. The summed E-state index contributed by atoms with van der Waals surface area (Å²) in [5.41, 5.74) is 0.704. The van der Waals surface area contributed by atoms with Gasteiger partial charge in [0.1, 0.15) is 19.0 Å². The number of hydrogen-bond donors (Lipinski definition) is 2. The minimum absolute atomic E-state index is 0.0172. The van der Waals surface area contributed by atoms with Crippen LogP contribution in [0.5, 0.6) is 0 Å². The Kier molecular flexibility index (Phi) is 7.72. The van der Waals surface area contributed by atoms with E-state index in [4.69, 9.17) is 9.47 Å². The van der Waals surface area contributed by atoms with Crippen LogP contribution in [0, 0.1) is 0 Å². The fourth-order valence-corrected chi connectivity index (χ4v) is 2.10. The van der Waals surface area contributed by atoms with E-state index < -0.39 is 5.97 Å².